The molecule has 11 aromatic heterocycles. The molecular weight excluding hydrogens is 1260 g/mol. The summed E-state index contributed by atoms with van der Waals surface area (Å²) in [6.07, 6.45) is 29.8. The molecule has 12 heteroatoms. The fourth-order valence-electron chi connectivity index (χ4n) is 13.9. The highest BCUT2D eigenvalue weighted by molar-refractivity contribution is 8.34. The summed E-state index contributed by atoms with van der Waals surface area (Å²) in [5, 5.41) is 10.2. The SMILES string of the molecule is CCCn1c2ccccc2c2ccncc21.CCS1(CC)c2ccccc2-c2cnccc21.c1ccc2c(c1)Cc1ccncc1-2.c1ccc2c(c1)Cc1cnccc1-2.c1ccc2c(c1)oc1cnccc12.c1ccc2c(c1)sc1ccncc12.c1ccc2c(c1)sc1cnccc12. The average Bonchev–Trinajstić information content (AvgIpc) is 1.58. The van der Waals surface area contributed by atoms with Crippen molar-refractivity contribution >= 4 is 117 Å². The maximum Gasteiger partial charge on any atom is 0.153 e. The zero-order chi connectivity index (χ0) is 66.2. The quantitative estimate of drug-likeness (QED) is 0.171. The summed E-state index contributed by atoms with van der Waals surface area (Å²) >= 11 is 3.62. The van der Waals surface area contributed by atoms with Crippen LogP contribution < -0.4 is 0 Å². The summed E-state index contributed by atoms with van der Waals surface area (Å²) < 4.78 is 13.2. The van der Waals surface area contributed by atoms with Gasteiger partial charge in [0.15, 0.2) is 5.58 Å². The number of thiophene rings is 2. The zero-order valence-electron chi connectivity index (χ0n) is 54.7. The van der Waals surface area contributed by atoms with Crippen LogP contribution in [0.15, 0.2) is 313 Å². The van der Waals surface area contributed by atoms with Crippen molar-refractivity contribution in [1.29, 1.82) is 0 Å². The molecule has 0 bridgehead atoms. The van der Waals surface area contributed by atoms with Gasteiger partial charge in [0.25, 0.3) is 0 Å². The van der Waals surface area contributed by atoms with Crippen molar-refractivity contribution in [2.45, 2.75) is 56.4 Å². The topological polar surface area (TPSA) is 108 Å². The van der Waals surface area contributed by atoms with Crippen LogP contribution in [0.1, 0.15) is 49.4 Å². The number of aryl methyl sites for hydroxylation is 1. The van der Waals surface area contributed by atoms with Crippen molar-refractivity contribution in [3.63, 3.8) is 0 Å². The Balaban J connectivity index is 0.0000000936. The smallest absolute Gasteiger partial charge is 0.153 e. The van der Waals surface area contributed by atoms with Gasteiger partial charge in [-0.2, -0.15) is 10.0 Å². The van der Waals surface area contributed by atoms with Crippen LogP contribution >= 0.6 is 32.7 Å². The lowest BCUT2D eigenvalue weighted by Gasteiger charge is -2.35. The third-order valence-electron chi connectivity index (χ3n) is 18.5. The molecule has 12 heterocycles. The Labute approximate surface area is 579 Å². The summed E-state index contributed by atoms with van der Waals surface area (Å²) in [7, 11) is -0.796. The molecule has 478 valence electrons. The van der Waals surface area contributed by atoms with Crippen molar-refractivity contribution < 1.29 is 4.42 Å². The van der Waals surface area contributed by atoms with E-state index in [1.54, 1.807) is 33.5 Å². The van der Waals surface area contributed by atoms with Gasteiger partial charge in [-0.15, -0.1) is 22.7 Å². The minimum atomic E-state index is -0.796. The summed E-state index contributed by atoms with van der Waals surface area (Å²) in [5.41, 5.74) is 18.1. The highest BCUT2D eigenvalue weighted by atomic mass is 32.3. The first-order chi connectivity index (χ1) is 48.5. The maximum absolute atomic E-state index is 5.59. The van der Waals surface area contributed by atoms with E-state index in [0.29, 0.717) is 0 Å². The van der Waals surface area contributed by atoms with Gasteiger partial charge in [0.1, 0.15) is 5.58 Å². The maximum atomic E-state index is 5.59. The molecule has 9 nitrogen and oxygen atoms in total. The van der Waals surface area contributed by atoms with Crippen molar-refractivity contribution in [3.8, 4) is 33.4 Å². The monoisotopic (exact) mass is 1330 g/mol. The van der Waals surface area contributed by atoms with E-state index < -0.39 is 10.0 Å². The molecule has 0 amide bonds. The second kappa shape index (κ2) is 28.7. The Bertz CT molecular complexity index is 5150. The van der Waals surface area contributed by atoms with Crippen molar-refractivity contribution in [2.75, 3.05) is 11.5 Å². The fraction of sp³-hybridized carbons (Fsp3) is 0.105. The Morgan fingerprint density at radius 2 is 0.786 bits per heavy atom. The lowest BCUT2D eigenvalue weighted by molar-refractivity contribution is 0.667. The van der Waals surface area contributed by atoms with Gasteiger partial charge in [0, 0.05) is 171 Å². The van der Waals surface area contributed by atoms with Crippen LogP contribution in [0.3, 0.4) is 0 Å². The van der Waals surface area contributed by atoms with Crippen molar-refractivity contribution in [2.24, 2.45) is 0 Å². The van der Waals surface area contributed by atoms with Crippen LogP contribution in [0.5, 0.6) is 0 Å². The molecule has 0 fully saturated rings. The Hall–Kier alpha value is -11.0. The average molecular weight is 1330 g/mol. The van der Waals surface area contributed by atoms with Gasteiger partial charge in [-0.05, 0) is 142 Å². The number of hydrogen-bond acceptors (Lipinski definition) is 10. The molecule has 1 aliphatic heterocycles. The minimum Gasteiger partial charge on any atom is -0.454 e. The molecule has 0 saturated heterocycles. The first kappa shape index (κ1) is 63.1. The number of hydrogen-bond donors (Lipinski definition) is 0. The van der Waals surface area contributed by atoms with Gasteiger partial charge in [-0.25, -0.2) is 0 Å². The normalized spacial score (nSPS) is 12.5. The van der Waals surface area contributed by atoms with Gasteiger partial charge in [0.05, 0.1) is 22.6 Å². The van der Waals surface area contributed by atoms with Crippen molar-refractivity contribution in [3.05, 3.63) is 321 Å². The Morgan fingerprint density at radius 3 is 1.56 bits per heavy atom. The number of fused-ring (bicyclic) bond motifs is 21. The van der Waals surface area contributed by atoms with E-state index in [9.17, 15) is 0 Å². The van der Waals surface area contributed by atoms with Crippen LogP contribution in [0.25, 0.3) is 117 Å². The predicted octanol–water partition coefficient (Wildman–Crippen LogP) is 23.1. The standard InChI is InChI=1S/C15H17NS.C14H14N2.2C12H9N.C11H7NO.2C11H7NS/c1-3-17(4-2)14-8-6-5-7-12(14)13-11-16-10-9-15(13)17;1-2-9-16-13-6-4-3-5-11(13)12-7-8-15-10-14(12)16;1-2-4-11-9(3-1)7-10-8-13-6-5-12(10)11;1-2-4-11-9(3-1)7-10-5-6-13-8-12(10)11;1-2-4-10-8(3-1)9-5-6-12-7-11(9)13-10;1-2-4-10-8(3-1)9-7-12-6-5-11(9)13-10;1-2-4-10-8(3-1)9-5-6-12-7-11(9)13-10/h5-11H,3-4H2,1-2H3;3-8,10H,2,9H2,1H3;2*1-6,8H,7H2;3*1-7H. The fourth-order valence-corrected chi connectivity index (χ4v) is 19.8. The molecule has 0 saturated carbocycles. The van der Waals surface area contributed by atoms with E-state index in [1.807, 2.05) is 110 Å². The van der Waals surface area contributed by atoms with Crippen molar-refractivity contribution in [1.82, 2.24) is 39.5 Å². The first-order valence-electron chi connectivity index (χ1n) is 33.3. The summed E-state index contributed by atoms with van der Waals surface area (Å²) in [5.74, 6) is 2.47. The van der Waals surface area contributed by atoms with Gasteiger partial charge in [-0.1, -0.05) is 160 Å². The second-order valence-corrected chi connectivity index (χ2v) is 30.0. The Morgan fingerprint density at radius 1 is 0.316 bits per heavy atom. The lowest BCUT2D eigenvalue weighted by Crippen LogP contribution is -2.04. The van der Waals surface area contributed by atoms with Crippen LogP contribution in [-0.2, 0) is 19.4 Å². The second-order valence-electron chi connectivity index (χ2n) is 24.0. The summed E-state index contributed by atoms with van der Waals surface area (Å²) in [4.78, 5) is 32.2. The third-order valence-corrected chi connectivity index (χ3v) is 25.2. The number of furan rings is 1. The molecule has 0 unspecified atom stereocenters. The molecule has 18 aromatic rings. The number of pyridine rings is 7. The summed E-state index contributed by atoms with van der Waals surface area (Å²) in [6, 6.07) is 74.1. The molecule has 0 atom stereocenters. The van der Waals surface area contributed by atoms with E-state index in [4.69, 9.17) is 4.42 Å². The van der Waals surface area contributed by atoms with Gasteiger partial charge in [0.2, 0.25) is 0 Å². The number of para-hydroxylation sites is 2. The molecule has 0 spiro atoms. The highest BCUT2D eigenvalue weighted by Gasteiger charge is 2.36. The molecule has 21 rings (SSSR count). The number of benzene rings is 7. The molecule has 98 heavy (non-hydrogen) atoms. The summed E-state index contributed by atoms with van der Waals surface area (Å²) in [6.45, 7) is 7.91. The van der Waals surface area contributed by atoms with E-state index >= 15 is 0 Å². The third kappa shape index (κ3) is 12.4. The molecule has 3 aliphatic rings. The minimum absolute atomic E-state index is 0.796. The highest BCUT2D eigenvalue weighted by Crippen LogP contribution is 2.70. The molecule has 7 aromatic carbocycles. The lowest BCUT2D eigenvalue weighted by atomic mass is 10.1. The molecule has 0 radical (unpaired) electrons. The Kier molecular flexibility index (Phi) is 18.5. The van der Waals surface area contributed by atoms with E-state index in [1.165, 1.54) is 129 Å². The molecule has 2 aliphatic carbocycles. The van der Waals surface area contributed by atoms with Crippen LogP contribution in [0.4, 0.5) is 0 Å². The number of nitrogens with zero attached hydrogens (tertiary/aromatic N) is 8. The predicted molar refractivity (Wildman–Crippen MR) is 413 cm³/mol. The van der Waals surface area contributed by atoms with E-state index in [-0.39, 0.29) is 0 Å². The molecule has 0 N–H and O–H groups in total. The molecular formula is C86H70N8OS3. The number of aromatic nitrogens is 8. The van der Waals surface area contributed by atoms with E-state index in [0.717, 1.165) is 47.7 Å². The van der Waals surface area contributed by atoms with E-state index in [2.05, 4.69) is 248 Å². The zero-order valence-corrected chi connectivity index (χ0v) is 57.2. The van der Waals surface area contributed by atoms with Gasteiger partial charge in [-0.3, -0.25) is 34.9 Å². The van der Waals surface area contributed by atoms with Crippen LogP contribution in [-0.4, -0.2) is 51.0 Å². The van der Waals surface area contributed by atoms with Crippen LogP contribution in [0, 0.1) is 0 Å². The van der Waals surface area contributed by atoms with Gasteiger partial charge < -0.3 is 8.98 Å². The largest absolute Gasteiger partial charge is 0.454 e. The number of rotatable bonds is 4. The first-order valence-corrected chi connectivity index (χ1v) is 36.9. The van der Waals surface area contributed by atoms with Gasteiger partial charge >= 0.3 is 0 Å². The van der Waals surface area contributed by atoms with Crippen LogP contribution in [0.2, 0.25) is 0 Å².